The van der Waals surface area contributed by atoms with Crippen LogP contribution in [-0.4, -0.2) is 23.0 Å². The summed E-state index contributed by atoms with van der Waals surface area (Å²) < 4.78 is 18.0. The summed E-state index contributed by atoms with van der Waals surface area (Å²) in [5.41, 5.74) is 0.259. The van der Waals surface area contributed by atoms with Gasteiger partial charge in [-0.25, -0.2) is 14.2 Å². The molecule has 2 aromatic rings. The van der Waals surface area contributed by atoms with E-state index in [0.29, 0.717) is 5.65 Å². The van der Waals surface area contributed by atoms with Gasteiger partial charge in [-0.15, -0.1) is 0 Å². The number of rotatable bonds is 1. The Morgan fingerprint density at radius 2 is 2.43 bits per heavy atom. The number of halogens is 1. The number of ether oxygens (including phenoxy) is 1. The highest BCUT2D eigenvalue weighted by molar-refractivity contribution is 5.93. The third-order valence-electron chi connectivity index (χ3n) is 1.93. The Kier molecular flexibility index (Phi) is 1.92. The lowest BCUT2D eigenvalue weighted by molar-refractivity contribution is 0.0595. The number of aromatic nitrogens is 2. The quantitative estimate of drug-likeness (QED) is 0.699. The van der Waals surface area contributed by atoms with Crippen LogP contribution in [0.4, 0.5) is 4.39 Å². The molecule has 0 aliphatic heterocycles. The highest BCUT2D eigenvalue weighted by atomic mass is 19.1. The SMILES string of the molecule is COC(=O)c1cnc2[nH]ccc2c1F. The van der Waals surface area contributed by atoms with Crippen molar-refractivity contribution in [1.29, 1.82) is 0 Å². The van der Waals surface area contributed by atoms with Crippen molar-refractivity contribution in [1.82, 2.24) is 9.97 Å². The first-order valence-corrected chi connectivity index (χ1v) is 3.94. The summed E-state index contributed by atoms with van der Waals surface area (Å²) >= 11 is 0. The molecule has 5 heteroatoms. The van der Waals surface area contributed by atoms with Gasteiger partial charge in [0.05, 0.1) is 12.5 Å². The van der Waals surface area contributed by atoms with Crippen molar-refractivity contribution in [2.24, 2.45) is 0 Å². The molecule has 0 aromatic carbocycles. The molecular weight excluding hydrogens is 187 g/mol. The maximum absolute atomic E-state index is 13.6. The first kappa shape index (κ1) is 8.68. The molecule has 0 fully saturated rings. The molecule has 0 saturated carbocycles. The number of esters is 1. The maximum atomic E-state index is 13.6. The number of fused-ring (bicyclic) bond motifs is 1. The van der Waals surface area contributed by atoms with Gasteiger partial charge in [0.2, 0.25) is 0 Å². The van der Waals surface area contributed by atoms with Crippen LogP contribution >= 0.6 is 0 Å². The molecule has 0 aliphatic carbocycles. The average Bonchev–Trinajstić information content (AvgIpc) is 2.66. The lowest BCUT2D eigenvalue weighted by Crippen LogP contribution is -2.05. The third-order valence-corrected chi connectivity index (χ3v) is 1.93. The van der Waals surface area contributed by atoms with Gasteiger partial charge in [-0.05, 0) is 6.07 Å². The standard InChI is InChI=1S/C9H7FN2O2/c1-14-9(13)6-4-12-8-5(7(6)10)2-3-11-8/h2-4H,1H3,(H,11,12). The van der Waals surface area contributed by atoms with Crippen molar-refractivity contribution >= 4 is 17.0 Å². The summed E-state index contributed by atoms with van der Waals surface area (Å²) in [6.07, 6.45) is 2.71. The number of hydrogen-bond donors (Lipinski definition) is 1. The molecule has 0 amide bonds. The van der Waals surface area contributed by atoms with Crippen LogP contribution in [0.25, 0.3) is 11.0 Å². The van der Waals surface area contributed by atoms with Crippen LogP contribution < -0.4 is 0 Å². The summed E-state index contributed by atoms with van der Waals surface area (Å²) in [4.78, 5) is 17.7. The van der Waals surface area contributed by atoms with Crippen LogP contribution in [0.3, 0.4) is 0 Å². The number of aromatic amines is 1. The van der Waals surface area contributed by atoms with E-state index in [0.717, 1.165) is 6.20 Å². The highest BCUT2D eigenvalue weighted by Crippen LogP contribution is 2.17. The number of methoxy groups -OCH3 is 1. The van der Waals surface area contributed by atoms with Gasteiger partial charge in [0.25, 0.3) is 0 Å². The Morgan fingerprint density at radius 3 is 3.14 bits per heavy atom. The van der Waals surface area contributed by atoms with Crippen molar-refractivity contribution in [2.75, 3.05) is 7.11 Å². The third kappa shape index (κ3) is 1.14. The van der Waals surface area contributed by atoms with Crippen molar-refractivity contribution in [3.63, 3.8) is 0 Å². The molecule has 14 heavy (non-hydrogen) atoms. The molecule has 1 N–H and O–H groups in total. The molecule has 72 valence electrons. The molecule has 2 heterocycles. The fourth-order valence-corrected chi connectivity index (χ4v) is 1.23. The topological polar surface area (TPSA) is 55.0 Å². The number of nitrogens with zero attached hydrogens (tertiary/aromatic N) is 1. The summed E-state index contributed by atoms with van der Waals surface area (Å²) in [5, 5.41) is 0.285. The smallest absolute Gasteiger partial charge is 0.342 e. The maximum Gasteiger partial charge on any atom is 0.342 e. The lowest BCUT2D eigenvalue weighted by Gasteiger charge is -2.00. The van der Waals surface area contributed by atoms with Gasteiger partial charge in [-0.2, -0.15) is 0 Å². The van der Waals surface area contributed by atoms with Gasteiger partial charge in [-0.1, -0.05) is 0 Å². The number of carbonyl (C=O) groups excluding carboxylic acids is 1. The van der Waals surface area contributed by atoms with E-state index in [1.165, 1.54) is 13.2 Å². The minimum absolute atomic E-state index is 0.153. The van der Waals surface area contributed by atoms with Crippen molar-refractivity contribution in [3.05, 3.63) is 29.8 Å². The van der Waals surface area contributed by atoms with Gasteiger partial charge in [0.15, 0.2) is 0 Å². The Balaban J connectivity index is 2.67. The predicted molar refractivity (Wildman–Crippen MR) is 47.4 cm³/mol. The molecular formula is C9H7FN2O2. The van der Waals surface area contributed by atoms with Crippen LogP contribution in [0.15, 0.2) is 18.5 Å². The molecule has 0 saturated heterocycles. The second-order valence-electron chi connectivity index (χ2n) is 2.72. The van der Waals surface area contributed by atoms with Gasteiger partial charge in [0, 0.05) is 12.4 Å². The van der Waals surface area contributed by atoms with Crippen LogP contribution in [0, 0.1) is 5.82 Å². The fraction of sp³-hybridized carbons (Fsp3) is 0.111. The van der Waals surface area contributed by atoms with E-state index < -0.39 is 11.8 Å². The number of H-pyrrole nitrogens is 1. The minimum Gasteiger partial charge on any atom is -0.465 e. The van der Waals surface area contributed by atoms with Crippen LogP contribution in [-0.2, 0) is 4.74 Å². The van der Waals surface area contributed by atoms with Gasteiger partial charge < -0.3 is 9.72 Å². The molecule has 0 aliphatic rings. The zero-order valence-corrected chi connectivity index (χ0v) is 7.37. The Bertz CT molecular complexity index is 493. The normalized spacial score (nSPS) is 10.4. The number of nitrogens with one attached hydrogen (secondary N) is 1. The first-order chi connectivity index (χ1) is 6.74. The molecule has 0 unspecified atom stereocenters. The second kappa shape index (κ2) is 3.10. The summed E-state index contributed by atoms with van der Waals surface area (Å²) in [5.74, 6) is -1.33. The molecule has 2 aromatic heterocycles. The van der Waals surface area contributed by atoms with E-state index >= 15 is 0 Å². The average molecular weight is 194 g/mol. The van der Waals surface area contributed by atoms with Gasteiger partial charge in [0.1, 0.15) is 17.0 Å². The minimum atomic E-state index is -0.724. The molecule has 0 atom stereocenters. The van der Waals surface area contributed by atoms with Crippen LogP contribution in [0.1, 0.15) is 10.4 Å². The first-order valence-electron chi connectivity index (χ1n) is 3.94. The molecule has 0 radical (unpaired) electrons. The number of carbonyl (C=O) groups is 1. The zero-order valence-electron chi connectivity index (χ0n) is 7.37. The Labute approximate surface area is 78.7 Å². The summed E-state index contributed by atoms with van der Waals surface area (Å²) in [7, 11) is 1.20. The van der Waals surface area contributed by atoms with Crippen LogP contribution in [0.5, 0.6) is 0 Å². The van der Waals surface area contributed by atoms with Crippen molar-refractivity contribution in [2.45, 2.75) is 0 Å². The van der Waals surface area contributed by atoms with E-state index in [9.17, 15) is 9.18 Å². The fourth-order valence-electron chi connectivity index (χ4n) is 1.23. The molecule has 2 rings (SSSR count). The lowest BCUT2D eigenvalue weighted by atomic mass is 10.2. The van der Waals surface area contributed by atoms with E-state index in [1.807, 2.05) is 0 Å². The second-order valence-corrected chi connectivity index (χ2v) is 2.72. The largest absolute Gasteiger partial charge is 0.465 e. The monoisotopic (exact) mass is 194 g/mol. The number of hydrogen-bond acceptors (Lipinski definition) is 3. The van der Waals surface area contributed by atoms with Crippen molar-refractivity contribution < 1.29 is 13.9 Å². The van der Waals surface area contributed by atoms with Crippen LogP contribution in [0.2, 0.25) is 0 Å². The Hall–Kier alpha value is -1.91. The van der Waals surface area contributed by atoms with Crippen molar-refractivity contribution in [3.8, 4) is 0 Å². The molecule has 4 nitrogen and oxygen atoms in total. The predicted octanol–water partition coefficient (Wildman–Crippen LogP) is 1.49. The van der Waals surface area contributed by atoms with E-state index in [2.05, 4.69) is 14.7 Å². The van der Waals surface area contributed by atoms with E-state index in [4.69, 9.17) is 0 Å². The van der Waals surface area contributed by atoms with Gasteiger partial charge >= 0.3 is 5.97 Å². The number of pyridine rings is 1. The summed E-state index contributed by atoms with van der Waals surface area (Å²) in [6, 6.07) is 1.52. The zero-order chi connectivity index (χ0) is 10.1. The Morgan fingerprint density at radius 1 is 1.64 bits per heavy atom. The molecule has 0 bridgehead atoms. The molecule has 0 spiro atoms. The highest BCUT2D eigenvalue weighted by Gasteiger charge is 2.15. The van der Waals surface area contributed by atoms with E-state index in [-0.39, 0.29) is 10.9 Å². The van der Waals surface area contributed by atoms with Gasteiger partial charge in [-0.3, -0.25) is 0 Å². The summed E-state index contributed by atoms with van der Waals surface area (Å²) in [6.45, 7) is 0. The van der Waals surface area contributed by atoms with E-state index in [1.54, 1.807) is 6.20 Å².